The largest absolute Gasteiger partial charge is 0.444 e. The molecule has 0 aliphatic rings. The summed E-state index contributed by atoms with van der Waals surface area (Å²) in [7, 11) is 0. The molecule has 60 valence electrons. The van der Waals surface area contributed by atoms with Gasteiger partial charge in [-0.1, -0.05) is 6.07 Å². The van der Waals surface area contributed by atoms with Gasteiger partial charge in [0.05, 0.1) is 0 Å². The van der Waals surface area contributed by atoms with Crippen molar-refractivity contribution < 1.29 is 9.13 Å². The molecule has 0 unspecified atom stereocenters. The standard InChI is InChI=1S/C8H10FNO/c1-6-4-3-5-8(10-6)11-7(2)9/h3-5,7H,1-2H3/t7-/m0/s1. The molecular weight excluding hydrogens is 145 g/mol. The van der Waals surface area contributed by atoms with E-state index in [-0.39, 0.29) is 0 Å². The second-order valence-corrected chi connectivity index (χ2v) is 2.28. The maximum Gasteiger partial charge on any atom is 0.237 e. The second kappa shape index (κ2) is 3.32. The normalized spacial score (nSPS) is 12.6. The molecule has 0 saturated carbocycles. The summed E-state index contributed by atoms with van der Waals surface area (Å²) < 4.78 is 17.0. The molecule has 1 atom stereocenters. The van der Waals surface area contributed by atoms with Crippen molar-refractivity contribution >= 4 is 0 Å². The summed E-state index contributed by atoms with van der Waals surface area (Å²) in [5.74, 6) is 0.333. The van der Waals surface area contributed by atoms with Crippen LogP contribution in [0.5, 0.6) is 5.88 Å². The van der Waals surface area contributed by atoms with Crippen LogP contribution in [0.4, 0.5) is 4.39 Å². The van der Waals surface area contributed by atoms with Gasteiger partial charge in [0, 0.05) is 18.7 Å². The van der Waals surface area contributed by atoms with Gasteiger partial charge in [-0.3, -0.25) is 0 Å². The highest BCUT2D eigenvalue weighted by Crippen LogP contribution is 2.08. The molecule has 1 aromatic rings. The minimum atomic E-state index is -1.30. The molecular formula is C8H10FNO. The van der Waals surface area contributed by atoms with Crippen LogP contribution in [0.2, 0.25) is 0 Å². The average Bonchev–Trinajstić information content (AvgIpc) is 1.85. The summed E-state index contributed by atoms with van der Waals surface area (Å²) >= 11 is 0. The molecule has 11 heavy (non-hydrogen) atoms. The van der Waals surface area contributed by atoms with Gasteiger partial charge in [-0.2, -0.15) is 0 Å². The number of pyridine rings is 1. The van der Waals surface area contributed by atoms with Crippen molar-refractivity contribution in [3.8, 4) is 5.88 Å². The average molecular weight is 155 g/mol. The molecule has 0 fully saturated rings. The van der Waals surface area contributed by atoms with Gasteiger partial charge < -0.3 is 4.74 Å². The predicted molar refractivity (Wildman–Crippen MR) is 40.2 cm³/mol. The van der Waals surface area contributed by atoms with E-state index < -0.39 is 6.36 Å². The SMILES string of the molecule is Cc1cccc(O[C@@H](C)F)n1. The molecule has 0 bridgehead atoms. The van der Waals surface area contributed by atoms with E-state index in [4.69, 9.17) is 4.74 Å². The predicted octanol–water partition coefficient (Wildman–Crippen LogP) is 2.08. The Labute approximate surface area is 65.0 Å². The summed E-state index contributed by atoms with van der Waals surface area (Å²) in [6, 6.07) is 5.24. The van der Waals surface area contributed by atoms with Crippen molar-refractivity contribution in [3.63, 3.8) is 0 Å². The number of alkyl halides is 1. The van der Waals surface area contributed by atoms with Gasteiger partial charge in [-0.25, -0.2) is 9.37 Å². The number of rotatable bonds is 2. The maximum atomic E-state index is 12.3. The fraction of sp³-hybridized carbons (Fsp3) is 0.375. The highest BCUT2D eigenvalue weighted by atomic mass is 19.1. The zero-order chi connectivity index (χ0) is 8.27. The van der Waals surface area contributed by atoms with Crippen LogP contribution < -0.4 is 4.74 Å². The molecule has 0 aliphatic carbocycles. The van der Waals surface area contributed by atoms with E-state index in [0.717, 1.165) is 5.69 Å². The highest BCUT2D eigenvalue weighted by molar-refractivity contribution is 5.14. The first-order valence-electron chi connectivity index (χ1n) is 3.43. The van der Waals surface area contributed by atoms with Crippen molar-refractivity contribution in [2.24, 2.45) is 0 Å². The number of halogens is 1. The lowest BCUT2D eigenvalue weighted by atomic mass is 10.4. The first-order valence-corrected chi connectivity index (χ1v) is 3.43. The molecule has 0 aromatic carbocycles. The summed E-state index contributed by atoms with van der Waals surface area (Å²) in [5.41, 5.74) is 0.822. The molecule has 0 radical (unpaired) electrons. The van der Waals surface area contributed by atoms with E-state index in [1.54, 1.807) is 12.1 Å². The van der Waals surface area contributed by atoms with E-state index >= 15 is 0 Å². The lowest BCUT2D eigenvalue weighted by Crippen LogP contribution is -2.05. The van der Waals surface area contributed by atoms with Crippen LogP contribution in [0.25, 0.3) is 0 Å². The lowest BCUT2D eigenvalue weighted by molar-refractivity contribution is 0.0808. The highest BCUT2D eigenvalue weighted by Gasteiger charge is 1.99. The Morgan fingerprint density at radius 1 is 1.55 bits per heavy atom. The Morgan fingerprint density at radius 3 is 2.82 bits per heavy atom. The molecule has 1 heterocycles. The zero-order valence-corrected chi connectivity index (χ0v) is 6.54. The van der Waals surface area contributed by atoms with Crippen LogP contribution in [0.3, 0.4) is 0 Å². The first kappa shape index (κ1) is 7.98. The zero-order valence-electron chi connectivity index (χ0n) is 6.54. The summed E-state index contributed by atoms with van der Waals surface area (Å²) in [5, 5.41) is 0. The summed E-state index contributed by atoms with van der Waals surface area (Å²) in [6.07, 6.45) is -1.30. The smallest absolute Gasteiger partial charge is 0.237 e. The van der Waals surface area contributed by atoms with E-state index in [1.165, 1.54) is 6.92 Å². The van der Waals surface area contributed by atoms with Gasteiger partial charge in [-0.05, 0) is 13.0 Å². The topological polar surface area (TPSA) is 22.1 Å². The molecule has 0 spiro atoms. The number of hydrogen-bond donors (Lipinski definition) is 0. The Kier molecular flexibility index (Phi) is 2.41. The Hall–Kier alpha value is -1.12. The monoisotopic (exact) mass is 155 g/mol. The van der Waals surface area contributed by atoms with E-state index in [2.05, 4.69) is 4.98 Å². The number of aromatic nitrogens is 1. The molecule has 1 aromatic heterocycles. The number of nitrogens with zero attached hydrogens (tertiary/aromatic N) is 1. The van der Waals surface area contributed by atoms with Crippen molar-refractivity contribution in [2.45, 2.75) is 20.2 Å². The van der Waals surface area contributed by atoms with Crippen LogP contribution in [-0.2, 0) is 0 Å². The number of ether oxygens (including phenoxy) is 1. The molecule has 2 nitrogen and oxygen atoms in total. The number of aryl methyl sites for hydroxylation is 1. The van der Waals surface area contributed by atoms with Gasteiger partial charge in [0.25, 0.3) is 0 Å². The molecule has 3 heteroatoms. The second-order valence-electron chi connectivity index (χ2n) is 2.28. The van der Waals surface area contributed by atoms with Crippen molar-refractivity contribution in [1.29, 1.82) is 0 Å². The fourth-order valence-corrected chi connectivity index (χ4v) is 0.750. The quantitative estimate of drug-likeness (QED) is 0.652. The van der Waals surface area contributed by atoms with Crippen LogP contribution in [0.15, 0.2) is 18.2 Å². The Bertz CT molecular complexity index is 237. The Balaban J connectivity index is 2.71. The minimum absolute atomic E-state index is 0.333. The maximum absolute atomic E-state index is 12.3. The van der Waals surface area contributed by atoms with Crippen LogP contribution in [0, 0.1) is 6.92 Å². The van der Waals surface area contributed by atoms with Gasteiger partial charge in [0.2, 0.25) is 12.2 Å². The van der Waals surface area contributed by atoms with Crippen molar-refractivity contribution in [1.82, 2.24) is 4.98 Å². The van der Waals surface area contributed by atoms with E-state index in [1.807, 2.05) is 13.0 Å². The third-order valence-electron chi connectivity index (χ3n) is 1.15. The molecule has 0 amide bonds. The van der Waals surface area contributed by atoms with Gasteiger partial charge in [-0.15, -0.1) is 0 Å². The summed E-state index contributed by atoms with van der Waals surface area (Å²) in [6.45, 7) is 3.15. The van der Waals surface area contributed by atoms with Crippen LogP contribution in [-0.4, -0.2) is 11.3 Å². The van der Waals surface area contributed by atoms with Gasteiger partial charge in [0.1, 0.15) is 0 Å². The minimum Gasteiger partial charge on any atom is -0.444 e. The Morgan fingerprint density at radius 2 is 2.27 bits per heavy atom. The van der Waals surface area contributed by atoms with Crippen LogP contribution in [0.1, 0.15) is 12.6 Å². The molecule has 1 rings (SSSR count). The van der Waals surface area contributed by atoms with Crippen LogP contribution >= 0.6 is 0 Å². The van der Waals surface area contributed by atoms with Crippen molar-refractivity contribution in [2.75, 3.05) is 0 Å². The third kappa shape index (κ3) is 2.53. The fourth-order valence-electron chi connectivity index (χ4n) is 0.750. The van der Waals surface area contributed by atoms with Gasteiger partial charge >= 0.3 is 0 Å². The molecule has 0 saturated heterocycles. The molecule has 0 aliphatic heterocycles. The third-order valence-corrected chi connectivity index (χ3v) is 1.15. The molecule has 0 N–H and O–H groups in total. The van der Waals surface area contributed by atoms with E-state index in [9.17, 15) is 4.39 Å². The van der Waals surface area contributed by atoms with Crippen molar-refractivity contribution in [3.05, 3.63) is 23.9 Å². The summed E-state index contributed by atoms with van der Waals surface area (Å²) in [4.78, 5) is 3.95. The number of hydrogen-bond acceptors (Lipinski definition) is 2. The van der Waals surface area contributed by atoms with E-state index in [0.29, 0.717) is 5.88 Å². The lowest BCUT2D eigenvalue weighted by Gasteiger charge is -2.04. The first-order chi connectivity index (χ1) is 5.18. The van der Waals surface area contributed by atoms with Gasteiger partial charge in [0.15, 0.2) is 0 Å².